The molecule has 10 heteroatoms. The smallest absolute Gasteiger partial charge is 0.160 e. The van der Waals surface area contributed by atoms with Gasteiger partial charge in [-0.3, -0.25) is 25.0 Å². The van der Waals surface area contributed by atoms with E-state index >= 15 is 0 Å². The van der Waals surface area contributed by atoms with E-state index in [-0.39, 0.29) is 0 Å². The van der Waals surface area contributed by atoms with Gasteiger partial charge in [0.2, 0.25) is 0 Å². The number of nitrogens with one attached hydrogen (secondary N) is 2. The molecule has 188 valence electrons. The van der Waals surface area contributed by atoms with Crippen molar-refractivity contribution in [2.24, 2.45) is 0 Å². The van der Waals surface area contributed by atoms with E-state index in [9.17, 15) is 0 Å². The minimum Gasteiger partial charge on any atom is -0.491 e. The van der Waals surface area contributed by atoms with Gasteiger partial charge in [-0.25, -0.2) is 9.97 Å². The van der Waals surface area contributed by atoms with Gasteiger partial charge < -0.3 is 9.72 Å². The van der Waals surface area contributed by atoms with E-state index in [4.69, 9.17) is 9.72 Å². The van der Waals surface area contributed by atoms with Crippen LogP contribution < -0.4 is 4.74 Å². The summed E-state index contributed by atoms with van der Waals surface area (Å²) in [5, 5.41) is 8.53. The summed E-state index contributed by atoms with van der Waals surface area (Å²) in [6.07, 6.45) is 13.2. The molecule has 1 fully saturated rings. The fourth-order valence-corrected chi connectivity index (χ4v) is 4.98. The standard InChI is InChI=1S/C28H25N9O/c1-2-10-37(9-1)11-12-38-20-13-19(15-30-16-20)23-14-22-24(17-32-23)35-36-26(22)28-33-25-21(5-8-31-27(25)34-28)18-3-6-29-7-4-18/h3-8,13-17H,1-2,9-12H2,(H,35,36)(H,31,33,34). The van der Waals surface area contributed by atoms with Crippen LogP contribution in [0, 0.1) is 0 Å². The van der Waals surface area contributed by atoms with Crippen LogP contribution in [0.3, 0.4) is 0 Å². The average molecular weight is 504 g/mol. The van der Waals surface area contributed by atoms with Crippen LogP contribution in [0.1, 0.15) is 12.8 Å². The van der Waals surface area contributed by atoms with Crippen molar-refractivity contribution in [1.29, 1.82) is 0 Å². The lowest BCUT2D eigenvalue weighted by Crippen LogP contribution is -2.25. The second-order valence-corrected chi connectivity index (χ2v) is 9.37. The number of aromatic amines is 2. The summed E-state index contributed by atoms with van der Waals surface area (Å²) in [5.74, 6) is 1.37. The van der Waals surface area contributed by atoms with Gasteiger partial charge in [0.25, 0.3) is 0 Å². The third-order valence-corrected chi connectivity index (χ3v) is 6.93. The Morgan fingerprint density at radius 3 is 2.68 bits per heavy atom. The molecular weight excluding hydrogens is 478 g/mol. The summed E-state index contributed by atoms with van der Waals surface area (Å²) in [7, 11) is 0. The third-order valence-electron chi connectivity index (χ3n) is 6.93. The number of hydrogen-bond acceptors (Lipinski definition) is 8. The van der Waals surface area contributed by atoms with Crippen molar-refractivity contribution >= 4 is 22.1 Å². The Kier molecular flexibility index (Phi) is 5.71. The highest BCUT2D eigenvalue weighted by Gasteiger charge is 2.17. The van der Waals surface area contributed by atoms with Gasteiger partial charge in [0.15, 0.2) is 11.5 Å². The van der Waals surface area contributed by atoms with Crippen molar-refractivity contribution in [2.75, 3.05) is 26.2 Å². The molecule has 1 aliphatic heterocycles. The van der Waals surface area contributed by atoms with Crippen molar-refractivity contribution in [1.82, 2.24) is 45.0 Å². The lowest BCUT2D eigenvalue weighted by molar-refractivity contribution is 0.237. The van der Waals surface area contributed by atoms with Crippen molar-refractivity contribution in [2.45, 2.75) is 12.8 Å². The number of pyridine rings is 4. The van der Waals surface area contributed by atoms with Crippen LogP contribution in [0.2, 0.25) is 0 Å². The highest BCUT2D eigenvalue weighted by atomic mass is 16.5. The molecule has 2 N–H and O–H groups in total. The molecular formula is C28H25N9O. The lowest BCUT2D eigenvalue weighted by Gasteiger charge is -2.15. The van der Waals surface area contributed by atoms with Gasteiger partial charge in [-0.05, 0) is 61.8 Å². The quantitative estimate of drug-likeness (QED) is 0.327. The fraction of sp³-hybridized carbons (Fsp3) is 0.214. The predicted octanol–water partition coefficient (Wildman–Crippen LogP) is 4.49. The summed E-state index contributed by atoms with van der Waals surface area (Å²) < 4.78 is 6.00. The first-order valence-electron chi connectivity index (χ1n) is 12.7. The molecule has 38 heavy (non-hydrogen) atoms. The van der Waals surface area contributed by atoms with Crippen LogP contribution >= 0.6 is 0 Å². The van der Waals surface area contributed by atoms with Gasteiger partial charge in [-0.15, -0.1) is 0 Å². The molecule has 0 saturated carbocycles. The number of likely N-dealkylation sites (tertiary alicyclic amines) is 1. The minimum absolute atomic E-state index is 0.634. The first-order valence-corrected chi connectivity index (χ1v) is 12.7. The van der Waals surface area contributed by atoms with Crippen molar-refractivity contribution in [3.8, 4) is 39.7 Å². The molecule has 0 aliphatic carbocycles. The Bertz CT molecular complexity index is 1720. The summed E-state index contributed by atoms with van der Waals surface area (Å²) in [4.78, 5) is 28.3. The zero-order chi connectivity index (χ0) is 25.3. The highest BCUT2D eigenvalue weighted by Crippen LogP contribution is 2.32. The molecule has 6 aromatic rings. The predicted molar refractivity (Wildman–Crippen MR) is 144 cm³/mol. The largest absolute Gasteiger partial charge is 0.491 e. The van der Waals surface area contributed by atoms with Crippen LogP contribution in [-0.2, 0) is 0 Å². The summed E-state index contributed by atoms with van der Waals surface area (Å²) >= 11 is 0. The fourth-order valence-electron chi connectivity index (χ4n) is 4.98. The molecule has 7 heterocycles. The van der Waals surface area contributed by atoms with E-state index in [2.05, 4.69) is 40.0 Å². The van der Waals surface area contributed by atoms with Gasteiger partial charge >= 0.3 is 0 Å². The van der Waals surface area contributed by atoms with Gasteiger partial charge in [0, 0.05) is 47.8 Å². The van der Waals surface area contributed by atoms with E-state index in [0.29, 0.717) is 23.8 Å². The topological polar surface area (TPSA) is 121 Å². The molecule has 0 unspecified atom stereocenters. The van der Waals surface area contributed by atoms with Crippen LogP contribution in [0.4, 0.5) is 0 Å². The van der Waals surface area contributed by atoms with E-state index in [1.165, 1.54) is 12.8 Å². The van der Waals surface area contributed by atoms with Gasteiger partial charge in [-0.1, -0.05) is 0 Å². The van der Waals surface area contributed by atoms with E-state index in [1.54, 1.807) is 37.2 Å². The maximum Gasteiger partial charge on any atom is 0.160 e. The zero-order valence-corrected chi connectivity index (χ0v) is 20.6. The van der Waals surface area contributed by atoms with Crippen molar-refractivity contribution in [3.63, 3.8) is 0 Å². The van der Waals surface area contributed by atoms with E-state index in [1.807, 2.05) is 30.3 Å². The first-order chi connectivity index (χ1) is 18.8. The molecule has 0 spiro atoms. The van der Waals surface area contributed by atoms with E-state index in [0.717, 1.165) is 64.2 Å². The average Bonchev–Trinajstić information content (AvgIpc) is 3.73. The second kappa shape index (κ2) is 9.64. The van der Waals surface area contributed by atoms with Crippen LogP contribution in [0.25, 0.3) is 56.0 Å². The number of nitrogens with zero attached hydrogens (tertiary/aromatic N) is 7. The number of ether oxygens (including phenoxy) is 1. The van der Waals surface area contributed by atoms with Crippen molar-refractivity contribution < 1.29 is 4.74 Å². The van der Waals surface area contributed by atoms with E-state index < -0.39 is 0 Å². The number of fused-ring (bicyclic) bond motifs is 2. The van der Waals surface area contributed by atoms with Crippen molar-refractivity contribution in [3.05, 3.63) is 67.5 Å². The molecule has 0 aromatic carbocycles. The number of hydrogen-bond donors (Lipinski definition) is 2. The monoisotopic (exact) mass is 503 g/mol. The number of rotatable bonds is 7. The normalized spacial score (nSPS) is 14.0. The van der Waals surface area contributed by atoms with Crippen LogP contribution in [0.5, 0.6) is 5.75 Å². The maximum absolute atomic E-state index is 6.00. The Hall–Kier alpha value is -4.70. The van der Waals surface area contributed by atoms with Gasteiger partial charge in [0.05, 0.1) is 23.6 Å². The number of H-pyrrole nitrogens is 2. The molecule has 0 bridgehead atoms. The zero-order valence-electron chi connectivity index (χ0n) is 20.6. The molecule has 1 aliphatic rings. The first kappa shape index (κ1) is 22.5. The van der Waals surface area contributed by atoms with Gasteiger partial charge in [0.1, 0.15) is 23.6 Å². The molecule has 7 rings (SSSR count). The molecule has 0 atom stereocenters. The highest BCUT2D eigenvalue weighted by molar-refractivity contribution is 5.96. The molecule has 10 nitrogen and oxygen atoms in total. The second-order valence-electron chi connectivity index (χ2n) is 9.37. The summed E-state index contributed by atoms with van der Waals surface area (Å²) in [5.41, 5.74) is 6.66. The third kappa shape index (κ3) is 4.24. The Balaban J connectivity index is 1.20. The number of aromatic nitrogens is 8. The summed E-state index contributed by atoms with van der Waals surface area (Å²) in [6.45, 7) is 3.89. The van der Waals surface area contributed by atoms with Crippen LogP contribution in [0.15, 0.2) is 67.5 Å². The Morgan fingerprint density at radius 1 is 0.895 bits per heavy atom. The molecule has 6 aromatic heterocycles. The molecule has 1 saturated heterocycles. The van der Waals surface area contributed by atoms with Crippen LogP contribution in [-0.4, -0.2) is 71.2 Å². The Labute approximate surface area is 218 Å². The molecule has 0 radical (unpaired) electrons. The Morgan fingerprint density at radius 2 is 1.79 bits per heavy atom. The molecule has 0 amide bonds. The SMILES string of the molecule is c1cc(-c2ccnc3[nH]c(-c4n[nH]c5cnc(-c6cncc(OCCN7CCCC7)c6)cc45)nc23)ccn1. The lowest BCUT2D eigenvalue weighted by atomic mass is 10.1. The minimum atomic E-state index is 0.634. The maximum atomic E-state index is 6.00. The van der Waals surface area contributed by atoms with Gasteiger partial charge in [-0.2, -0.15) is 5.10 Å². The number of imidazole rings is 1. The summed E-state index contributed by atoms with van der Waals surface area (Å²) in [6, 6.07) is 9.87.